The number of rotatable bonds is 7. The summed E-state index contributed by atoms with van der Waals surface area (Å²) in [6, 6.07) is 5.63. The van der Waals surface area contributed by atoms with Crippen LogP contribution in [-0.4, -0.2) is 25.8 Å². The monoisotopic (exact) mass is 270 g/mol. The van der Waals surface area contributed by atoms with Gasteiger partial charge in [-0.15, -0.1) is 0 Å². The molecule has 0 aliphatic carbocycles. The van der Waals surface area contributed by atoms with Crippen LogP contribution in [0, 0.1) is 6.92 Å². The molecule has 1 unspecified atom stereocenters. The Bertz CT molecular complexity index is 384. The van der Waals surface area contributed by atoms with E-state index in [1.54, 1.807) is 6.07 Å². The maximum Gasteiger partial charge on any atom is 0.164 e. The molecular weight excluding hydrogens is 252 g/mol. The van der Waals surface area contributed by atoms with Gasteiger partial charge in [-0.3, -0.25) is 4.79 Å². The molecule has 0 saturated heterocycles. The lowest BCUT2D eigenvalue weighted by molar-refractivity contribution is -0.143. The largest absolute Gasteiger partial charge is 0.355 e. The summed E-state index contributed by atoms with van der Waals surface area (Å²) in [6.45, 7) is 4.34. The highest BCUT2D eigenvalue weighted by atomic mass is 35.5. The molecule has 0 fully saturated rings. The molecule has 0 saturated carbocycles. The van der Waals surface area contributed by atoms with Gasteiger partial charge in [0.2, 0.25) is 0 Å². The van der Waals surface area contributed by atoms with Crippen molar-refractivity contribution in [2.75, 3.05) is 13.7 Å². The van der Waals surface area contributed by atoms with E-state index >= 15 is 0 Å². The number of hydrogen-bond donors (Lipinski definition) is 0. The van der Waals surface area contributed by atoms with Crippen molar-refractivity contribution in [1.82, 2.24) is 0 Å². The van der Waals surface area contributed by atoms with Gasteiger partial charge >= 0.3 is 0 Å². The highest BCUT2D eigenvalue weighted by Gasteiger charge is 2.15. The average Bonchev–Trinajstić information content (AvgIpc) is 2.33. The molecular formula is C14H19ClO3. The number of benzene rings is 1. The number of aryl methyl sites for hydroxylation is 1. The highest BCUT2D eigenvalue weighted by Crippen LogP contribution is 2.21. The van der Waals surface area contributed by atoms with Crippen LogP contribution in [0.5, 0.6) is 0 Å². The van der Waals surface area contributed by atoms with Gasteiger partial charge in [-0.1, -0.05) is 23.7 Å². The first kappa shape index (κ1) is 15.2. The van der Waals surface area contributed by atoms with E-state index in [0.29, 0.717) is 18.1 Å². The Labute approximate surface area is 113 Å². The fourth-order valence-electron chi connectivity index (χ4n) is 1.74. The number of halogens is 1. The number of hydrogen-bond acceptors (Lipinski definition) is 3. The van der Waals surface area contributed by atoms with Gasteiger partial charge < -0.3 is 9.47 Å². The Balaban J connectivity index is 2.64. The van der Waals surface area contributed by atoms with E-state index in [2.05, 4.69) is 0 Å². The van der Waals surface area contributed by atoms with Crippen LogP contribution in [0.15, 0.2) is 18.2 Å². The molecule has 0 aliphatic rings. The normalized spacial score (nSPS) is 12.4. The Hall–Kier alpha value is -0.900. The van der Waals surface area contributed by atoms with Gasteiger partial charge in [-0.25, -0.2) is 0 Å². The number of ketones is 1. The summed E-state index contributed by atoms with van der Waals surface area (Å²) in [7, 11) is 1.54. The predicted octanol–water partition coefficient (Wildman–Crippen LogP) is 3.16. The number of ether oxygens (including phenoxy) is 2. The van der Waals surface area contributed by atoms with E-state index in [-0.39, 0.29) is 12.2 Å². The topological polar surface area (TPSA) is 35.5 Å². The molecule has 3 nitrogen and oxygen atoms in total. The second-order valence-corrected chi connectivity index (χ2v) is 4.48. The van der Waals surface area contributed by atoms with Crippen molar-refractivity contribution in [3.63, 3.8) is 0 Å². The zero-order chi connectivity index (χ0) is 13.5. The first-order valence-electron chi connectivity index (χ1n) is 5.98. The van der Waals surface area contributed by atoms with Crippen molar-refractivity contribution >= 4 is 17.4 Å². The van der Waals surface area contributed by atoms with Crippen LogP contribution in [-0.2, 0) is 20.7 Å². The van der Waals surface area contributed by atoms with Crippen LogP contribution in [0.4, 0.5) is 0 Å². The van der Waals surface area contributed by atoms with Crippen molar-refractivity contribution < 1.29 is 14.3 Å². The fourth-order valence-corrected chi connectivity index (χ4v) is 2.03. The summed E-state index contributed by atoms with van der Waals surface area (Å²) < 4.78 is 10.4. The number of carbonyl (C=O) groups excluding carboxylic acids is 1. The third kappa shape index (κ3) is 4.41. The molecule has 100 valence electrons. The van der Waals surface area contributed by atoms with E-state index in [1.165, 1.54) is 7.11 Å². The second-order valence-electron chi connectivity index (χ2n) is 4.08. The van der Waals surface area contributed by atoms with E-state index in [0.717, 1.165) is 11.1 Å². The van der Waals surface area contributed by atoms with E-state index in [1.807, 2.05) is 26.0 Å². The van der Waals surface area contributed by atoms with Crippen molar-refractivity contribution in [3.05, 3.63) is 34.3 Å². The third-order valence-corrected chi connectivity index (χ3v) is 3.09. The number of carbonyl (C=O) groups is 1. The lowest BCUT2D eigenvalue weighted by Gasteiger charge is -2.15. The molecule has 18 heavy (non-hydrogen) atoms. The molecule has 1 aromatic rings. The SMILES string of the molecule is CCOC(CC(=O)Cc1c(C)cccc1Cl)OC. The quantitative estimate of drug-likeness (QED) is 0.714. The molecule has 1 aromatic carbocycles. The van der Waals surface area contributed by atoms with Gasteiger partial charge in [0.15, 0.2) is 6.29 Å². The molecule has 0 radical (unpaired) electrons. The second kappa shape index (κ2) is 7.52. The average molecular weight is 271 g/mol. The zero-order valence-electron chi connectivity index (χ0n) is 11.0. The lowest BCUT2D eigenvalue weighted by atomic mass is 10.0. The molecule has 0 amide bonds. The predicted molar refractivity (Wildman–Crippen MR) is 71.9 cm³/mol. The van der Waals surface area contributed by atoms with Crippen LogP contribution in [0.2, 0.25) is 5.02 Å². The zero-order valence-corrected chi connectivity index (χ0v) is 11.8. The highest BCUT2D eigenvalue weighted by molar-refractivity contribution is 6.31. The van der Waals surface area contributed by atoms with Gasteiger partial charge in [0.05, 0.1) is 6.42 Å². The van der Waals surface area contributed by atoms with Crippen molar-refractivity contribution in [2.24, 2.45) is 0 Å². The minimum absolute atomic E-state index is 0.0616. The number of methoxy groups -OCH3 is 1. The van der Waals surface area contributed by atoms with Crippen LogP contribution >= 0.6 is 11.6 Å². The summed E-state index contributed by atoms with van der Waals surface area (Å²) in [6.07, 6.45) is 0.0956. The van der Waals surface area contributed by atoms with Crippen molar-refractivity contribution in [3.8, 4) is 0 Å². The summed E-state index contributed by atoms with van der Waals surface area (Å²) in [5.74, 6) is 0.0616. The van der Waals surface area contributed by atoms with Crippen molar-refractivity contribution in [2.45, 2.75) is 33.0 Å². The van der Waals surface area contributed by atoms with Gasteiger partial charge in [0.1, 0.15) is 5.78 Å². The molecule has 1 atom stereocenters. The maximum absolute atomic E-state index is 11.9. The van der Waals surface area contributed by atoms with Crippen LogP contribution < -0.4 is 0 Å². The Morgan fingerprint density at radius 2 is 2.17 bits per heavy atom. The Morgan fingerprint density at radius 3 is 2.72 bits per heavy atom. The molecule has 0 aromatic heterocycles. The lowest BCUT2D eigenvalue weighted by Crippen LogP contribution is -2.21. The third-order valence-electron chi connectivity index (χ3n) is 2.74. The molecule has 4 heteroatoms. The summed E-state index contributed by atoms with van der Waals surface area (Å²) >= 11 is 6.09. The van der Waals surface area contributed by atoms with Gasteiger partial charge in [0.25, 0.3) is 0 Å². The van der Waals surface area contributed by atoms with Gasteiger partial charge in [-0.2, -0.15) is 0 Å². The van der Waals surface area contributed by atoms with Gasteiger partial charge in [-0.05, 0) is 31.0 Å². The smallest absolute Gasteiger partial charge is 0.164 e. The first-order chi connectivity index (χ1) is 8.58. The van der Waals surface area contributed by atoms with Crippen molar-refractivity contribution in [1.29, 1.82) is 0 Å². The Morgan fingerprint density at radius 1 is 1.44 bits per heavy atom. The fraction of sp³-hybridized carbons (Fsp3) is 0.500. The standard InChI is InChI=1S/C14H19ClO3/c1-4-18-14(17-3)9-11(16)8-12-10(2)6-5-7-13(12)15/h5-7,14H,4,8-9H2,1-3H3. The van der Waals surface area contributed by atoms with Crippen LogP contribution in [0.25, 0.3) is 0 Å². The van der Waals surface area contributed by atoms with E-state index < -0.39 is 6.29 Å². The molecule has 0 heterocycles. The van der Waals surface area contributed by atoms with Crippen LogP contribution in [0.1, 0.15) is 24.5 Å². The molecule has 0 N–H and O–H groups in total. The summed E-state index contributed by atoms with van der Waals surface area (Å²) in [5, 5.41) is 0.633. The minimum Gasteiger partial charge on any atom is -0.355 e. The summed E-state index contributed by atoms with van der Waals surface area (Å²) in [5.41, 5.74) is 1.91. The Kier molecular flexibility index (Phi) is 6.33. The van der Waals surface area contributed by atoms with E-state index in [4.69, 9.17) is 21.1 Å². The van der Waals surface area contributed by atoms with E-state index in [9.17, 15) is 4.79 Å². The molecule has 0 aliphatic heterocycles. The first-order valence-corrected chi connectivity index (χ1v) is 6.36. The molecule has 1 rings (SSSR count). The molecule has 0 spiro atoms. The summed E-state index contributed by atoms with van der Waals surface area (Å²) in [4.78, 5) is 11.9. The minimum atomic E-state index is -0.467. The number of Topliss-reactive ketones (excluding diaryl/α,β-unsaturated/α-hetero) is 1. The van der Waals surface area contributed by atoms with Gasteiger partial charge in [0, 0.05) is 25.2 Å². The van der Waals surface area contributed by atoms with Crippen LogP contribution in [0.3, 0.4) is 0 Å². The molecule has 0 bridgehead atoms. The maximum atomic E-state index is 11.9.